The number of phenolic OH excluding ortho intramolecular Hbond substituents is 1. The number of carbonyl (C=O) groups is 1. The number of aromatic hydroxyl groups is 1. The van der Waals surface area contributed by atoms with E-state index in [1.165, 1.54) is 20.1 Å². The van der Waals surface area contributed by atoms with Gasteiger partial charge in [-0.25, -0.2) is 0 Å². The SMILES string of the molecule is COc1cc(O)c2cc(-c3ccccc3)ccc2c1OC(C)=O. The first kappa shape index (κ1) is 14.9. The Morgan fingerprint density at radius 1 is 0.957 bits per heavy atom. The lowest BCUT2D eigenvalue weighted by atomic mass is 10.00. The summed E-state index contributed by atoms with van der Waals surface area (Å²) in [7, 11) is 1.46. The Morgan fingerprint density at radius 3 is 2.35 bits per heavy atom. The van der Waals surface area contributed by atoms with Crippen LogP contribution in [0.3, 0.4) is 0 Å². The Bertz CT molecular complexity index is 869. The number of ether oxygens (including phenoxy) is 2. The Kier molecular flexibility index (Phi) is 3.89. The van der Waals surface area contributed by atoms with E-state index in [1.807, 2.05) is 48.5 Å². The lowest BCUT2D eigenvalue weighted by Gasteiger charge is -2.13. The van der Waals surface area contributed by atoms with E-state index in [-0.39, 0.29) is 5.75 Å². The normalized spacial score (nSPS) is 10.5. The first-order valence-corrected chi connectivity index (χ1v) is 7.17. The number of rotatable bonds is 3. The molecule has 0 unspecified atom stereocenters. The highest BCUT2D eigenvalue weighted by atomic mass is 16.6. The zero-order valence-corrected chi connectivity index (χ0v) is 12.9. The largest absolute Gasteiger partial charge is 0.507 e. The molecule has 4 heteroatoms. The maximum absolute atomic E-state index is 11.4. The second-order valence-corrected chi connectivity index (χ2v) is 5.15. The number of esters is 1. The molecule has 0 spiro atoms. The first-order valence-electron chi connectivity index (χ1n) is 7.17. The van der Waals surface area contributed by atoms with Crippen molar-refractivity contribution in [1.82, 2.24) is 0 Å². The van der Waals surface area contributed by atoms with E-state index in [1.54, 1.807) is 0 Å². The van der Waals surface area contributed by atoms with E-state index in [0.717, 1.165) is 11.1 Å². The Morgan fingerprint density at radius 2 is 1.70 bits per heavy atom. The summed E-state index contributed by atoms with van der Waals surface area (Å²) in [4.78, 5) is 11.4. The molecule has 1 N–H and O–H groups in total. The fourth-order valence-electron chi connectivity index (χ4n) is 2.57. The molecule has 3 aromatic rings. The molecule has 116 valence electrons. The smallest absolute Gasteiger partial charge is 0.308 e. The van der Waals surface area contributed by atoms with Gasteiger partial charge in [-0.3, -0.25) is 4.79 Å². The molecule has 0 radical (unpaired) electrons. The topological polar surface area (TPSA) is 55.8 Å². The molecule has 0 aliphatic heterocycles. The minimum atomic E-state index is -0.442. The minimum absolute atomic E-state index is 0.0746. The Balaban J connectivity index is 2.24. The van der Waals surface area contributed by atoms with Crippen LogP contribution in [0, 0.1) is 0 Å². The standard InChI is InChI=1S/C19H16O4/c1-12(20)23-19-15-9-8-14(13-6-4-3-5-7-13)10-16(15)17(21)11-18(19)22-2/h3-11,21H,1-2H3. The zero-order valence-electron chi connectivity index (χ0n) is 12.9. The summed E-state index contributed by atoms with van der Waals surface area (Å²) in [6.45, 7) is 1.33. The van der Waals surface area contributed by atoms with Gasteiger partial charge < -0.3 is 14.6 Å². The Labute approximate surface area is 133 Å². The van der Waals surface area contributed by atoms with Crippen LogP contribution >= 0.6 is 0 Å². The molecule has 0 fully saturated rings. The minimum Gasteiger partial charge on any atom is -0.507 e. The maximum Gasteiger partial charge on any atom is 0.308 e. The van der Waals surface area contributed by atoms with E-state index >= 15 is 0 Å². The van der Waals surface area contributed by atoms with Crippen LogP contribution in [-0.2, 0) is 4.79 Å². The second kappa shape index (κ2) is 6.01. The molecule has 3 rings (SSSR count). The highest BCUT2D eigenvalue weighted by Gasteiger charge is 2.16. The van der Waals surface area contributed by atoms with Crippen molar-refractivity contribution < 1.29 is 19.4 Å². The fourth-order valence-corrected chi connectivity index (χ4v) is 2.57. The number of fused-ring (bicyclic) bond motifs is 1. The van der Waals surface area contributed by atoms with Gasteiger partial charge in [0.15, 0.2) is 11.5 Å². The van der Waals surface area contributed by atoms with Gasteiger partial charge in [0.25, 0.3) is 0 Å². The molecule has 0 saturated heterocycles. The van der Waals surface area contributed by atoms with Crippen molar-refractivity contribution in [3.63, 3.8) is 0 Å². The van der Waals surface area contributed by atoms with Crippen LogP contribution < -0.4 is 9.47 Å². The van der Waals surface area contributed by atoms with E-state index < -0.39 is 5.97 Å². The third-order valence-corrected chi connectivity index (χ3v) is 3.60. The van der Waals surface area contributed by atoms with Gasteiger partial charge in [-0.15, -0.1) is 0 Å². The molecule has 0 bridgehead atoms. The lowest BCUT2D eigenvalue weighted by molar-refractivity contribution is -0.131. The van der Waals surface area contributed by atoms with Crippen molar-refractivity contribution in [2.75, 3.05) is 7.11 Å². The van der Waals surface area contributed by atoms with E-state index in [4.69, 9.17) is 9.47 Å². The van der Waals surface area contributed by atoms with Gasteiger partial charge >= 0.3 is 5.97 Å². The highest BCUT2D eigenvalue weighted by molar-refractivity contribution is 5.99. The number of methoxy groups -OCH3 is 1. The van der Waals surface area contributed by atoms with Crippen LogP contribution in [0.4, 0.5) is 0 Å². The van der Waals surface area contributed by atoms with Gasteiger partial charge in [0.05, 0.1) is 7.11 Å². The summed E-state index contributed by atoms with van der Waals surface area (Å²) in [6.07, 6.45) is 0. The van der Waals surface area contributed by atoms with Crippen molar-refractivity contribution >= 4 is 16.7 Å². The molecule has 23 heavy (non-hydrogen) atoms. The summed E-state index contributed by atoms with van der Waals surface area (Å²) in [6, 6.07) is 16.9. The molecular formula is C19H16O4. The summed E-state index contributed by atoms with van der Waals surface area (Å²) in [5.74, 6) is 0.262. The Hall–Kier alpha value is -3.01. The molecule has 0 amide bonds. The molecule has 0 saturated carbocycles. The fraction of sp³-hybridized carbons (Fsp3) is 0.105. The molecule has 0 aliphatic rings. The summed E-state index contributed by atoms with van der Waals surface area (Å²) < 4.78 is 10.5. The van der Waals surface area contributed by atoms with Crippen LogP contribution in [0.15, 0.2) is 54.6 Å². The summed E-state index contributed by atoms with van der Waals surface area (Å²) in [5, 5.41) is 11.5. The number of benzene rings is 3. The van der Waals surface area contributed by atoms with Crippen molar-refractivity contribution in [2.45, 2.75) is 6.92 Å². The van der Waals surface area contributed by atoms with Crippen LogP contribution in [-0.4, -0.2) is 18.2 Å². The quantitative estimate of drug-likeness (QED) is 0.583. The molecule has 0 atom stereocenters. The van der Waals surface area contributed by atoms with E-state index in [9.17, 15) is 9.90 Å². The predicted octanol–water partition coefficient (Wildman–Crippen LogP) is 4.15. The van der Waals surface area contributed by atoms with Crippen LogP contribution in [0.2, 0.25) is 0 Å². The molecule has 3 aromatic carbocycles. The average Bonchev–Trinajstić information content (AvgIpc) is 2.57. The molecule has 0 heterocycles. The molecule has 0 aromatic heterocycles. The van der Waals surface area contributed by atoms with Gasteiger partial charge in [0, 0.05) is 23.8 Å². The third kappa shape index (κ3) is 2.83. The number of hydrogen-bond acceptors (Lipinski definition) is 4. The second-order valence-electron chi connectivity index (χ2n) is 5.15. The highest BCUT2D eigenvalue weighted by Crippen LogP contribution is 2.42. The first-order chi connectivity index (χ1) is 11.1. The van der Waals surface area contributed by atoms with Gasteiger partial charge in [0.1, 0.15) is 5.75 Å². The molecular weight excluding hydrogens is 292 g/mol. The van der Waals surface area contributed by atoms with Crippen molar-refractivity contribution in [3.05, 3.63) is 54.6 Å². The van der Waals surface area contributed by atoms with E-state index in [2.05, 4.69) is 0 Å². The lowest BCUT2D eigenvalue weighted by Crippen LogP contribution is -2.03. The van der Waals surface area contributed by atoms with Crippen LogP contribution in [0.25, 0.3) is 21.9 Å². The number of carbonyl (C=O) groups excluding carboxylic acids is 1. The van der Waals surface area contributed by atoms with Gasteiger partial charge in [-0.1, -0.05) is 36.4 Å². The van der Waals surface area contributed by atoms with Crippen LogP contribution in [0.5, 0.6) is 17.2 Å². The van der Waals surface area contributed by atoms with Gasteiger partial charge in [-0.05, 0) is 23.3 Å². The van der Waals surface area contributed by atoms with Crippen LogP contribution in [0.1, 0.15) is 6.92 Å². The van der Waals surface area contributed by atoms with E-state index in [0.29, 0.717) is 22.3 Å². The molecule has 4 nitrogen and oxygen atoms in total. The average molecular weight is 308 g/mol. The maximum atomic E-state index is 11.4. The zero-order chi connectivity index (χ0) is 16.4. The van der Waals surface area contributed by atoms with Crippen molar-refractivity contribution in [1.29, 1.82) is 0 Å². The molecule has 0 aliphatic carbocycles. The summed E-state index contributed by atoms with van der Waals surface area (Å²) >= 11 is 0. The van der Waals surface area contributed by atoms with Gasteiger partial charge in [0.2, 0.25) is 0 Å². The predicted molar refractivity (Wildman–Crippen MR) is 88.9 cm³/mol. The monoisotopic (exact) mass is 308 g/mol. The van der Waals surface area contributed by atoms with Crippen molar-refractivity contribution in [2.24, 2.45) is 0 Å². The third-order valence-electron chi connectivity index (χ3n) is 3.60. The number of phenols is 1. The van der Waals surface area contributed by atoms with Crippen molar-refractivity contribution in [3.8, 4) is 28.4 Å². The number of hydrogen-bond donors (Lipinski definition) is 1. The van der Waals surface area contributed by atoms with Gasteiger partial charge in [-0.2, -0.15) is 0 Å². The summed E-state index contributed by atoms with van der Waals surface area (Å²) in [5.41, 5.74) is 2.01.